The van der Waals surface area contributed by atoms with Crippen LogP contribution in [0.15, 0.2) is 0 Å². The van der Waals surface area contributed by atoms with E-state index in [0.717, 1.165) is 11.8 Å². The summed E-state index contributed by atoms with van der Waals surface area (Å²) in [6.07, 6.45) is 0. The maximum Gasteiger partial charge on any atom is 0.150 e. The lowest BCUT2D eigenvalue weighted by Gasteiger charge is -2.05. The van der Waals surface area contributed by atoms with E-state index in [-0.39, 0.29) is 17.3 Å². The maximum atomic E-state index is 10.7. The summed E-state index contributed by atoms with van der Waals surface area (Å²) < 4.78 is 0. The molecule has 3 nitrogen and oxygen atoms in total. The topological polar surface area (TPSA) is 57.9 Å². The van der Waals surface area contributed by atoms with Gasteiger partial charge in [-0.25, -0.2) is 0 Å². The Balaban J connectivity index is 4.03. The van der Waals surface area contributed by atoms with Crippen LogP contribution < -0.4 is 0 Å². The van der Waals surface area contributed by atoms with Crippen LogP contribution in [0.25, 0.3) is 0 Å². The Labute approximate surface area is 69.8 Å². The van der Waals surface area contributed by atoms with E-state index in [1.165, 1.54) is 13.8 Å². The lowest BCUT2D eigenvalue weighted by atomic mass is 10.2. The Morgan fingerprint density at radius 1 is 1.45 bits per heavy atom. The molecule has 0 aliphatic heterocycles. The Hall–Kier alpha value is -0.820. The van der Waals surface area contributed by atoms with Gasteiger partial charge in [0, 0.05) is 0 Å². The van der Waals surface area contributed by atoms with E-state index in [9.17, 15) is 9.59 Å². The molecule has 0 bridgehead atoms. The van der Waals surface area contributed by atoms with Gasteiger partial charge in [-0.3, -0.25) is 9.59 Å². The number of carbonyl (C=O) groups is 2. The van der Waals surface area contributed by atoms with Crippen molar-refractivity contribution in [3.63, 3.8) is 0 Å². The number of nitrogens with zero attached hydrogens (tertiary/aromatic N) is 1. The molecule has 0 aliphatic rings. The van der Waals surface area contributed by atoms with Crippen molar-refractivity contribution in [3.8, 4) is 6.07 Å². The molecule has 0 aliphatic carbocycles. The molecule has 0 radical (unpaired) electrons. The quantitative estimate of drug-likeness (QED) is 0.587. The molecule has 0 fully saturated rings. The van der Waals surface area contributed by atoms with Gasteiger partial charge in [-0.05, 0) is 13.8 Å². The van der Waals surface area contributed by atoms with Gasteiger partial charge in [0.2, 0.25) is 0 Å². The molecule has 0 unspecified atom stereocenters. The van der Waals surface area contributed by atoms with Gasteiger partial charge in [0.15, 0.2) is 0 Å². The maximum absolute atomic E-state index is 10.7. The van der Waals surface area contributed by atoms with Gasteiger partial charge >= 0.3 is 0 Å². The van der Waals surface area contributed by atoms with Gasteiger partial charge in [0.1, 0.15) is 16.8 Å². The van der Waals surface area contributed by atoms with Crippen molar-refractivity contribution in [2.24, 2.45) is 0 Å². The van der Waals surface area contributed by atoms with Crippen LogP contribution in [0.5, 0.6) is 0 Å². The molecule has 0 N–H and O–H groups in total. The van der Waals surface area contributed by atoms with E-state index in [4.69, 9.17) is 5.26 Å². The van der Waals surface area contributed by atoms with E-state index in [1.807, 2.05) is 6.07 Å². The average Bonchev–Trinajstić information content (AvgIpc) is 1.87. The average molecular weight is 171 g/mol. The number of hydrogen-bond donors (Lipinski definition) is 0. The second-order valence-corrected chi connectivity index (χ2v) is 3.16. The van der Waals surface area contributed by atoms with Crippen LogP contribution in [-0.4, -0.2) is 22.6 Å². The van der Waals surface area contributed by atoms with Gasteiger partial charge < -0.3 is 0 Å². The molecule has 0 amide bonds. The normalized spacial score (nSPS) is 9.27. The number of carbonyl (C=O) groups excluding carboxylic acids is 2. The zero-order valence-electron chi connectivity index (χ0n) is 6.46. The lowest BCUT2D eigenvalue weighted by Crippen LogP contribution is -2.22. The third-order valence-electron chi connectivity index (χ3n) is 1.05. The van der Waals surface area contributed by atoms with Crippen LogP contribution in [0.1, 0.15) is 13.8 Å². The summed E-state index contributed by atoms with van der Waals surface area (Å²) >= 11 is 1.08. The predicted octanol–water partition coefficient (Wildman–Crippen LogP) is 0.790. The molecule has 0 atom stereocenters. The molecular weight excluding hydrogens is 162 g/mol. The number of rotatable bonds is 4. The van der Waals surface area contributed by atoms with Crippen molar-refractivity contribution in [3.05, 3.63) is 0 Å². The molecule has 0 rings (SSSR count). The molecule has 0 heterocycles. The summed E-state index contributed by atoms with van der Waals surface area (Å²) in [6, 6.07) is 1.87. The second kappa shape index (κ2) is 4.91. The summed E-state index contributed by atoms with van der Waals surface area (Å²) in [4.78, 5) is 21.5. The number of hydrogen-bond acceptors (Lipinski definition) is 4. The molecule has 60 valence electrons. The van der Waals surface area contributed by atoms with Crippen LogP contribution in [0.2, 0.25) is 0 Å². The molecule has 4 heteroatoms. The minimum Gasteiger partial charge on any atom is -0.298 e. The highest BCUT2D eigenvalue weighted by Gasteiger charge is 2.18. The van der Waals surface area contributed by atoms with E-state index in [2.05, 4.69) is 0 Å². The molecule has 0 aromatic rings. The van der Waals surface area contributed by atoms with Gasteiger partial charge in [0.25, 0.3) is 0 Å². The van der Waals surface area contributed by atoms with Crippen LogP contribution in [0, 0.1) is 11.3 Å². The summed E-state index contributed by atoms with van der Waals surface area (Å²) in [5.74, 6) is -0.181. The SMILES string of the molecule is CC(=O)C(SCC#N)C(C)=O. The molecule has 0 aromatic heterocycles. The Morgan fingerprint density at radius 3 is 2.18 bits per heavy atom. The molecular formula is C7H9NO2S. The van der Waals surface area contributed by atoms with Crippen molar-refractivity contribution >= 4 is 23.3 Å². The van der Waals surface area contributed by atoms with Crippen LogP contribution in [0.3, 0.4) is 0 Å². The highest BCUT2D eigenvalue weighted by molar-refractivity contribution is 8.01. The number of thioether (sulfide) groups is 1. The van der Waals surface area contributed by atoms with E-state index < -0.39 is 5.25 Å². The van der Waals surface area contributed by atoms with Crippen LogP contribution in [0.4, 0.5) is 0 Å². The highest BCUT2D eigenvalue weighted by atomic mass is 32.2. The third-order valence-corrected chi connectivity index (χ3v) is 2.35. The summed E-state index contributed by atoms with van der Waals surface area (Å²) in [7, 11) is 0. The van der Waals surface area contributed by atoms with Gasteiger partial charge in [-0.15, -0.1) is 11.8 Å². The van der Waals surface area contributed by atoms with E-state index in [1.54, 1.807) is 0 Å². The third kappa shape index (κ3) is 3.79. The summed E-state index contributed by atoms with van der Waals surface area (Å²) in [6.45, 7) is 2.72. The highest BCUT2D eigenvalue weighted by Crippen LogP contribution is 2.11. The largest absolute Gasteiger partial charge is 0.298 e. The van der Waals surface area contributed by atoms with Crippen molar-refractivity contribution in [1.82, 2.24) is 0 Å². The monoisotopic (exact) mass is 171 g/mol. The smallest absolute Gasteiger partial charge is 0.150 e. The van der Waals surface area contributed by atoms with Gasteiger partial charge in [-0.1, -0.05) is 0 Å². The first-order valence-electron chi connectivity index (χ1n) is 3.09. The van der Waals surface area contributed by atoms with E-state index >= 15 is 0 Å². The molecule has 0 aromatic carbocycles. The standard InChI is InChI=1S/C7H9NO2S/c1-5(9)7(6(2)10)11-4-3-8/h7H,4H2,1-2H3. The molecule has 0 saturated carbocycles. The van der Waals surface area contributed by atoms with Crippen LogP contribution in [-0.2, 0) is 9.59 Å². The summed E-state index contributed by atoms with van der Waals surface area (Å²) in [5, 5.41) is 7.54. The van der Waals surface area contributed by atoms with Crippen molar-refractivity contribution in [2.45, 2.75) is 19.1 Å². The second-order valence-electron chi connectivity index (χ2n) is 2.07. The van der Waals surface area contributed by atoms with Gasteiger partial charge in [0.05, 0.1) is 11.8 Å². The van der Waals surface area contributed by atoms with Gasteiger partial charge in [-0.2, -0.15) is 5.26 Å². The zero-order valence-corrected chi connectivity index (χ0v) is 7.27. The van der Waals surface area contributed by atoms with Crippen molar-refractivity contribution < 1.29 is 9.59 Å². The predicted molar refractivity (Wildman–Crippen MR) is 43.2 cm³/mol. The molecule has 0 saturated heterocycles. The fraction of sp³-hybridized carbons (Fsp3) is 0.571. The first-order chi connectivity index (χ1) is 5.09. The Kier molecular flexibility index (Phi) is 4.55. The first-order valence-corrected chi connectivity index (χ1v) is 4.14. The Morgan fingerprint density at radius 2 is 1.91 bits per heavy atom. The Bertz CT molecular complexity index is 193. The van der Waals surface area contributed by atoms with Crippen molar-refractivity contribution in [2.75, 3.05) is 5.75 Å². The number of ketones is 2. The summed E-state index contributed by atoms with van der Waals surface area (Å²) in [5.41, 5.74) is 0. The minimum atomic E-state index is -0.644. The first kappa shape index (κ1) is 10.2. The minimum absolute atomic E-state index is 0.183. The fourth-order valence-electron chi connectivity index (χ4n) is 0.642. The zero-order chi connectivity index (χ0) is 8.85. The lowest BCUT2D eigenvalue weighted by molar-refractivity contribution is -0.123. The number of nitriles is 1. The number of Topliss-reactive ketones (excluding diaryl/α,β-unsaturated/α-hetero) is 2. The fourth-order valence-corrected chi connectivity index (χ4v) is 1.35. The van der Waals surface area contributed by atoms with Crippen molar-refractivity contribution in [1.29, 1.82) is 5.26 Å². The van der Waals surface area contributed by atoms with E-state index in [0.29, 0.717) is 0 Å². The van der Waals surface area contributed by atoms with Crippen LogP contribution >= 0.6 is 11.8 Å². The molecule has 11 heavy (non-hydrogen) atoms. The molecule has 0 spiro atoms.